The summed E-state index contributed by atoms with van der Waals surface area (Å²) in [6, 6.07) is 17.0. The van der Waals surface area contributed by atoms with E-state index in [4.69, 9.17) is 13.7 Å². The molecule has 0 bridgehead atoms. The molecule has 3 aromatic rings. The minimum absolute atomic E-state index is 0.0123. The molecular weight excluding hydrogens is 454 g/mol. The Bertz CT molecular complexity index is 1300. The van der Waals surface area contributed by atoms with E-state index in [1.165, 1.54) is 30.7 Å². The van der Waals surface area contributed by atoms with Crippen molar-refractivity contribution in [2.24, 2.45) is 0 Å². The van der Waals surface area contributed by atoms with Gasteiger partial charge in [0.15, 0.2) is 11.5 Å². The van der Waals surface area contributed by atoms with Crippen LogP contribution in [-0.4, -0.2) is 54.8 Å². The summed E-state index contributed by atoms with van der Waals surface area (Å²) in [6.07, 6.45) is 0.926. The van der Waals surface area contributed by atoms with E-state index in [0.717, 1.165) is 11.6 Å². The molecule has 0 spiro atoms. The molecule has 0 aliphatic carbocycles. The first-order chi connectivity index (χ1) is 15.2. The number of hydrogen-bond acceptors (Lipinski definition) is 7. The van der Waals surface area contributed by atoms with Crippen LogP contribution < -0.4 is 8.92 Å². The second kappa shape index (κ2) is 9.86. The van der Waals surface area contributed by atoms with Crippen molar-refractivity contribution < 1.29 is 30.5 Å². The highest BCUT2D eigenvalue weighted by atomic mass is 32.2. The molecule has 8 nitrogen and oxygen atoms in total. The van der Waals surface area contributed by atoms with E-state index in [1.54, 1.807) is 30.3 Å². The molecule has 0 N–H and O–H groups in total. The lowest BCUT2D eigenvalue weighted by Gasteiger charge is -2.23. The summed E-state index contributed by atoms with van der Waals surface area (Å²) < 4.78 is 67.0. The van der Waals surface area contributed by atoms with Gasteiger partial charge in [0.2, 0.25) is 10.0 Å². The molecule has 0 aliphatic rings. The second-order valence-electron chi connectivity index (χ2n) is 7.08. The topological polar surface area (TPSA) is 99.2 Å². The molecule has 3 aromatic carbocycles. The minimum Gasteiger partial charge on any atom is -0.493 e. The molecule has 0 aliphatic heterocycles. The number of hydrogen-bond donors (Lipinski definition) is 0. The molecule has 0 aromatic heterocycles. The normalized spacial score (nSPS) is 12.2. The number of ether oxygens (including phenoxy) is 2. The van der Waals surface area contributed by atoms with E-state index in [2.05, 4.69) is 0 Å². The van der Waals surface area contributed by atoms with E-state index in [0.29, 0.717) is 10.9 Å². The quantitative estimate of drug-likeness (QED) is 0.412. The predicted molar refractivity (Wildman–Crippen MR) is 122 cm³/mol. The van der Waals surface area contributed by atoms with Gasteiger partial charge < -0.3 is 13.7 Å². The third-order valence-electron chi connectivity index (χ3n) is 4.74. The zero-order valence-electron chi connectivity index (χ0n) is 18.0. The Balaban J connectivity index is 2.02. The Morgan fingerprint density at radius 3 is 2.28 bits per heavy atom. The van der Waals surface area contributed by atoms with Crippen molar-refractivity contribution in [3.05, 3.63) is 66.2 Å². The first kappa shape index (κ1) is 24.0. The lowest BCUT2D eigenvalue weighted by Crippen LogP contribution is -2.33. The predicted octanol–water partition coefficient (Wildman–Crippen LogP) is 3.02. The van der Waals surface area contributed by atoms with Gasteiger partial charge in [0.25, 0.3) is 0 Å². The fourth-order valence-corrected chi connectivity index (χ4v) is 5.37. The fourth-order valence-electron chi connectivity index (χ4n) is 3.29. The summed E-state index contributed by atoms with van der Waals surface area (Å²) in [7, 11) is -4.81. The van der Waals surface area contributed by atoms with Gasteiger partial charge >= 0.3 is 10.1 Å². The van der Waals surface area contributed by atoms with Crippen molar-refractivity contribution in [2.45, 2.75) is 11.4 Å². The molecule has 0 amide bonds. The van der Waals surface area contributed by atoms with Gasteiger partial charge in [-0.05, 0) is 29.1 Å². The molecule has 0 fully saturated rings. The molecule has 32 heavy (non-hydrogen) atoms. The molecule has 172 valence electrons. The monoisotopic (exact) mass is 479 g/mol. The number of nitrogens with zero attached hydrogens (tertiary/aromatic N) is 1. The minimum atomic E-state index is -3.90. The van der Waals surface area contributed by atoms with Gasteiger partial charge in [0.1, 0.15) is 0 Å². The summed E-state index contributed by atoms with van der Waals surface area (Å²) in [5.74, 6) is 0.210. The molecule has 0 atom stereocenters. The smallest absolute Gasteiger partial charge is 0.306 e. The van der Waals surface area contributed by atoms with Crippen LogP contribution in [0.15, 0.2) is 65.6 Å². The Labute approximate surface area is 188 Å². The molecular formula is C22H25NO7S2. The van der Waals surface area contributed by atoms with Crippen LogP contribution >= 0.6 is 0 Å². The third-order valence-corrected chi connectivity index (χ3v) is 7.13. The number of rotatable bonds is 10. The summed E-state index contributed by atoms with van der Waals surface area (Å²) in [5, 5.41) is 1.43. The van der Waals surface area contributed by atoms with Crippen molar-refractivity contribution in [3.8, 4) is 11.5 Å². The number of methoxy groups -OCH3 is 2. The van der Waals surface area contributed by atoms with Crippen LogP contribution in [0.25, 0.3) is 10.8 Å². The van der Waals surface area contributed by atoms with Crippen molar-refractivity contribution in [3.63, 3.8) is 0 Å². The molecule has 3 rings (SSSR count). The van der Waals surface area contributed by atoms with E-state index in [9.17, 15) is 16.8 Å². The maximum atomic E-state index is 13.6. The first-order valence-electron chi connectivity index (χ1n) is 9.69. The number of fused-ring (bicyclic) bond motifs is 1. The van der Waals surface area contributed by atoms with E-state index in [-0.39, 0.29) is 36.1 Å². The number of benzene rings is 3. The highest BCUT2D eigenvalue weighted by Gasteiger charge is 2.27. The van der Waals surface area contributed by atoms with E-state index >= 15 is 0 Å². The Morgan fingerprint density at radius 1 is 0.875 bits per heavy atom. The van der Waals surface area contributed by atoms with Gasteiger partial charge in [0, 0.05) is 25.6 Å². The van der Waals surface area contributed by atoms with Gasteiger partial charge in [-0.1, -0.05) is 42.5 Å². The van der Waals surface area contributed by atoms with Crippen LogP contribution in [0.1, 0.15) is 5.56 Å². The van der Waals surface area contributed by atoms with Crippen LogP contribution in [0.3, 0.4) is 0 Å². The van der Waals surface area contributed by atoms with E-state index in [1.807, 2.05) is 18.2 Å². The third kappa shape index (κ3) is 5.57. The average molecular weight is 480 g/mol. The van der Waals surface area contributed by atoms with Crippen LogP contribution in [0.5, 0.6) is 11.5 Å². The summed E-state index contributed by atoms with van der Waals surface area (Å²) in [5.41, 5.74) is 0.532. The van der Waals surface area contributed by atoms with Crippen molar-refractivity contribution in [1.82, 2.24) is 4.31 Å². The largest absolute Gasteiger partial charge is 0.493 e. The van der Waals surface area contributed by atoms with Crippen molar-refractivity contribution in [1.29, 1.82) is 0 Å². The Hall–Kier alpha value is -2.66. The molecule has 0 radical (unpaired) electrons. The first-order valence-corrected chi connectivity index (χ1v) is 12.9. The van der Waals surface area contributed by atoms with Gasteiger partial charge in [-0.25, -0.2) is 8.42 Å². The van der Waals surface area contributed by atoms with Gasteiger partial charge in [-0.15, -0.1) is 0 Å². The van der Waals surface area contributed by atoms with Crippen molar-refractivity contribution in [2.75, 3.05) is 33.6 Å². The standard InChI is InChI=1S/C22H25NO7S2/c1-28-14-13-23(16-17-11-12-20(29-2)21(15-17)30-31(3,24)25)32(26,27)22-10-6-8-18-7-4-5-9-19(18)22/h4-12,15H,13-14,16H2,1-3H3. The van der Waals surface area contributed by atoms with Crippen LogP contribution in [0.4, 0.5) is 0 Å². The van der Waals surface area contributed by atoms with Crippen molar-refractivity contribution >= 4 is 30.9 Å². The SMILES string of the molecule is COCCN(Cc1ccc(OC)c(OS(C)(=O)=O)c1)S(=O)(=O)c1cccc2ccccc12. The summed E-state index contributed by atoms with van der Waals surface area (Å²) in [4.78, 5) is 0.188. The number of sulfonamides is 1. The maximum Gasteiger partial charge on any atom is 0.306 e. The zero-order valence-corrected chi connectivity index (χ0v) is 19.6. The summed E-state index contributed by atoms with van der Waals surface area (Å²) in [6.45, 7) is 0.280. The summed E-state index contributed by atoms with van der Waals surface area (Å²) >= 11 is 0. The fraction of sp³-hybridized carbons (Fsp3) is 0.273. The van der Waals surface area contributed by atoms with Crippen LogP contribution in [0, 0.1) is 0 Å². The van der Waals surface area contributed by atoms with Gasteiger partial charge in [0.05, 0.1) is 24.9 Å². The average Bonchev–Trinajstić information content (AvgIpc) is 2.75. The maximum absolute atomic E-state index is 13.6. The highest BCUT2D eigenvalue weighted by molar-refractivity contribution is 7.89. The lowest BCUT2D eigenvalue weighted by molar-refractivity contribution is 0.177. The molecule has 0 saturated heterocycles. The van der Waals surface area contributed by atoms with Crippen LogP contribution in [-0.2, 0) is 31.4 Å². The Morgan fingerprint density at radius 2 is 1.59 bits per heavy atom. The highest BCUT2D eigenvalue weighted by Crippen LogP contribution is 2.31. The Kier molecular flexibility index (Phi) is 7.40. The lowest BCUT2D eigenvalue weighted by atomic mass is 10.1. The zero-order chi connectivity index (χ0) is 23.4. The van der Waals surface area contributed by atoms with Crippen LogP contribution in [0.2, 0.25) is 0 Å². The molecule has 0 heterocycles. The van der Waals surface area contributed by atoms with Gasteiger partial charge in [-0.2, -0.15) is 12.7 Å². The molecule has 0 saturated carbocycles. The second-order valence-corrected chi connectivity index (χ2v) is 10.6. The molecule has 0 unspecified atom stereocenters. The molecule has 10 heteroatoms. The van der Waals surface area contributed by atoms with E-state index < -0.39 is 20.1 Å². The van der Waals surface area contributed by atoms with Gasteiger partial charge in [-0.3, -0.25) is 0 Å².